The highest BCUT2D eigenvalue weighted by atomic mass is 16.8. The minimum atomic E-state index is -0.847. The number of ether oxygens (including phenoxy) is 3. The minimum Gasteiger partial charge on any atom is -0.382 e. The van der Waals surface area contributed by atoms with Crippen LogP contribution in [0.2, 0.25) is 0 Å². The lowest BCUT2D eigenvalue weighted by Crippen LogP contribution is -2.40. The Kier molecular flexibility index (Phi) is 6.16. The van der Waals surface area contributed by atoms with Gasteiger partial charge in [0.05, 0.1) is 6.33 Å². The first-order valence-corrected chi connectivity index (χ1v) is 12.6. The largest absolute Gasteiger partial charge is 0.382 e. The van der Waals surface area contributed by atoms with Crippen LogP contribution in [0.15, 0.2) is 30.9 Å². The molecule has 1 aromatic carbocycles. The molecule has 14 nitrogen and oxygen atoms in total. The second kappa shape index (κ2) is 9.55. The van der Waals surface area contributed by atoms with Gasteiger partial charge in [0.1, 0.15) is 30.2 Å². The highest BCUT2D eigenvalue weighted by Gasteiger charge is 2.56. The van der Waals surface area contributed by atoms with E-state index in [4.69, 9.17) is 19.9 Å². The first-order valence-electron chi connectivity index (χ1n) is 12.6. The lowest BCUT2D eigenvalue weighted by Gasteiger charge is -2.25. The Hall–Kier alpha value is -4.14. The molecule has 204 valence electrons. The van der Waals surface area contributed by atoms with Gasteiger partial charge in [-0.3, -0.25) is 19.0 Å². The number of nitrogen functional groups attached to an aromatic ring is 1. The van der Waals surface area contributed by atoms with Crippen LogP contribution in [-0.2, 0) is 30.3 Å². The van der Waals surface area contributed by atoms with Gasteiger partial charge in [0, 0.05) is 42.7 Å². The SMILES string of the molecule is CC1(C)O[C@@H]2[C@H](O1)[C@@H](CNC(=O)CCC(=O)Nc1cccc3c1CNC3=O)O[C@H]2n1cnc2c(N)ncnc21. The van der Waals surface area contributed by atoms with Crippen molar-refractivity contribution < 1.29 is 28.6 Å². The molecular formula is C25H28N8O6. The van der Waals surface area contributed by atoms with E-state index in [0.29, 0.717) is 29.0 Å². The number of amides is 3. The second-order valence-corrected chi connectivity index (χ2v) is 10.1. The van der Waals surface area contributed by atoms with E-state index in [-0.39, 0.29) is 42.9 Å². The lowest BCUT2D eigenvalue weighted by atomic mass is 10.1. The van der Waals surface area contributed by atoms with Crippen LogP contribution in [-0.4, -0.2) is 67.9 Å². The summed E-state index contributed by atoms with van der Waals surface area (Å²) in [7, 11) is 0. The molecule has 2 fully saturated rings. The van der Waals surface area contributed by atoms with Gasteiger partial charge in [-0.15, -0.1) is 0 Å². The van der Waals surface area contributed by atoms with Gasteiger partial charge in [-0.25, -0.2) is 15.0 Å². The van der Waals surface area contributed by atoms with Gasteiger partial charge in [0.25, 0.3) is 5.91 Å². The number of hydrogen-bond acceptors (Lipinski definition) is 10. The van der Waals surface area contributed by atoms with Crippen molar-refractivity contribution in [2.75, 3.05) is 17.6 Å². The summed E-state index contributed by atoms with van der Waals surface area (Å²) in [4.78, 5) is 49.5. The van der Waals surface area contributed by atoms with Gasteiger partial charge in [0.2, 0.25) is 11.8 Å². The number of nitrogens with zero attached hydrogens (tertiary/aromatic N) is 4. The van der Waals surface area contributed by atoms with Gasteiger partial charge in [0.15, 0.2) is 23.5 Å². The van der Waals surface area contributed by atoms with Gasteiger partial charge in [-0.2, -0.15) is 0 Å². The Morgan fingerprint density at radius 1 is 1.15 bits per heavy atom. The van der Waals surface area contributed by atoms with Crippen LogP contribution < -0.4 is 21.7 Å². The molecule has 5 heterocycles. The van der Waals surface area contributed by atoms with E-state index in [1.807, 2.05) is 13.8 Å². The van der Waals surface area contributed by atoms with Crippen molar-refractivity contribution in [2.24, 2.45) is 0 Å². The summed E-state index contributed by atoms with van der Waals surface area (Å²) in [6.07, 6.45) is 0.815. The van der Waals surface area contributed by atoms with Crippen LogP contribution in [0.4, 0.5) is 11.5 Å². The number of carbonyl (C=O) groups is 3. The average Bonchev–Trinajstić information content (AvgIpc) is 3.64. The third-order valence-electron chi connectivity index (χ3n) is 6.99. The molecule has 0 saturated carbocycles. The molecule has 0 spiro atoms. The van der Waals surface area contributed by atoms with Crippen molar-refractivity contribution in [1.82, 2.24) is 30.2 Å². The maximum Gasteiger partial charge on any atom is 0.251 e. The monoisotopic (exact) mass is 536 g/mol. The standard InChI is InChI=1S/C25H28N8O6/c1-25(2)38-19-15(37-24(20(19)39-25)33-11-31-18-21(26)29-10-30-22(18)33)9-27-16(34)6-7-17(35)32-14-5-3-4-12-13(14)8-28-23(12)36/h3-5,10-11,15,19-20,24H,6-9H2,1-2H3,(H,27,34)(H,28,36)(H,32,35)(H2,26,29,30)/t15-,19-,20-,24-/m1/s1. The van der Waals surface area contributed by atoms with Gasteiger partial charge >= 0.3 is 0 Å². The number of anilines is 2. The predicted molar refractivity (Wildman–Crippen MR) is 136 cm³/mol. The van der Waals surface area contributed by atoms with Crippen LogP contribution in [0.1, 0.15) is 48.8 Å². The van der Waals surface area contributed by atoms with E-state index in [1.54, 1.807) is 29.1 Å². The first kappa shape index (κ1) is 25.2. The average molecular weight is 537 g/mol. The molecule has 0 bridgehead atoms. The van der Waals surface area contributed by atoms with E-state index in [9.17, 15) is 14.4 Å². The molecule has 14 heteroatoms. The van der Waals surface area contributed by atoms with Crippen molar-refractivity contribution in [2.45, 2.75) is 63.6 Å². The van der Waals surface area contributed by atoms with Crippen molar-refractivity contribution in [3.05, 3.63) is 42.0 Å². The number of fused-ring (bicyclic) bond motifs is 3. The number of nitrogens with two attached hydrogens (primary N) is 1. The summed E-state index contributed by atoms with van der Waals surface area (Å²) in [5.74, 6) is -1.39. The van der Waals surface area contributed by atoms with Crippen molar-refractivity contribution in [3.63, 3.8) is 0 Å². The normalized spacial score (nSPS) is 24.8. The number of rotatable bonds is 7. The third kappa shape index (κ3) is 4.66. The Bertz CT molecular complexity index is 1470. The van der Waals surface area contributed by atoms with Gasteiger partial charge < -0.3 is 35.9 Å². The van der Waals surface area contributed by atoms with E-state index in [0.717, 1.165) is 5.56 Å². The second-order valence-electron chi connectivity index (χ2n) is 10.1. The summed E-state index contributed by atoms with van der Waals surface area (Å²) in [6, 6.07) is 5.15. The van der Waals surface area contributed by atoms with Gasteiger partial charge in [-0.1, -0.05) is 6.07 Å². The number of carbonyl (C=O) groups excluding carboxylic acids is 3. The molecule has 0 aliphatic carbocycles. The zero-order chi connectivity index (χ0) is 27.3. The fourth-order valence-electron chi connectivity index (χ4n) is 5.22. The molecule has 3 aromatic rings. The fraction of sp³-hybridized carbons (Fsp3) is 0.440. The van der Waals surface area contributed by atoms with Crippen molar-refractivity contribution in [1.29, 1.82) is 0 Å². The minimum absolute atomic E-state index is 0.0204. The first-order chi connectivity index (χ1) is 18.7. The molecule has 39 heavy (non-hydrogen) atoms. The van der Waals surface area contributed by atoms with Crippen molar-refractivity contribution >= 4 is 40.4 Å². The zero-order valence-corrected chi connectivity index (χ0v) is 21.3. The third-order valence-corrected chi connectivity index (χ3v) is 6.99. The number of imidazole rings is 1. The number of nitrogens with one attached hydrogen (secondary N) is 3. The molecule has 2 aromatic heterocycles. The van der Waals surface area contributed by atoms with E-state index >= 15 is 0 Å². The number of aromatic nitrogens is 4. The van der Waals surface area contributed by atoms with E-state index < -0.39 is 30.3 Å². The predicted octanol–water partition coefficient (Wildman–Crippen LogP) is 0.605. The molecule has 3 amide bonds. The van der Waals surface area contributed by atoms with Crippen LogP contribution in [0.25, 0.3) is 11.2 Å². The van der Waals surface area contributed by atoms with Gasteiger partial charge in [-0.05, 0) is 26.0 Å². The molecule has 3 aliphatic heterocycles. The van der Waals surface area contributed by atoms with E-state index in [2.05, 4.69) is 30.9 Å². The Balaban J connectivity index is 1.07. The molecule has 5 N–H and O–H groups in total. The highest BCUT2D eigenvalue weighted by molar-refractivity contribution is 6.02. The smallest absolute Gasteiger partial charge is 0.251 e. The quantitative estimate of drug-likeness (QED) is 0.333. The zero-order valence-electron chi connectivity index (χ0n) is 21.3. The molecule has 0 unspecified atom stereocenters. The summed E-state index contributed by atoms with van der Waals surface area (Å²) < 4.78 is 20.2. The summed E-state index contributed by atoms with van der Waals surface area (Å²) in [5.41, 5.74) is 8.73. The Labute approximate surface area is 222 Å². The Morgan fingerprint density at radius 2 is 1.95 bits per heavy atom. The summed E-state index contributed by atoms with van der Waals surface area (Å²) in [6.45, 7) is 4.14. The van der Waals surface area contributed by atoms with Crippen LogP contribution in [0.5, 0.6) is 0 Å². The van der Waals surface area contributed by atoms with Crippen LogP contribution in [0, 0.1) is 0 Å². The maximum absolute atomic E-state index is 12.6. The maximum atomic E-state index is 12.6. The molecule has 4 atom stereocenters. The molecule has 6 rings (SSSR count). The summed E-state index contributed by atoms with van der Waals surface area (Å²) in [5, 5.41) is 8.37. The topological polar surface area (TPSA) is 185 Å². The molecular weight excluding hydrogens is 508 g/mol. The highest BCUT2D eigenvalue weighted by Crippen LogP contribution is 2.43. The van der Waals surface area contributed by atoms with Crippen molar-refractivity contribution in [3.8, 4) is 0 Å². The molecule has 2 saturated heterocycles. The number of hydrogen-bond donors (Lipinski definition) is 4. The molecule has 3 aliphatic rings. The Morgan fingerprint density at radius 3 is 2.79 bits per heavy atom. The van der Waals surface area contributed by atoms with Crippen LogP contribution in [0.3, 0.4) is 0 Å². The fourth-order valence-corrected chi connectivity index (χ4v) is 5.22. The molecule has 0 radical (unpaired) electrons. The number of benzene rings is 1. The van der Waals surface area contributed by atoms with E-state index in [1.165, 1.54) is 6.33 Å². The lowest BCUT2D eigenvalue weighted by molar-refractivity contribution is -0.195. The summed E-state index contributed by atoms with van der Waals surface area (Å²) >= 11 is 0. The van der Waals surface area contributed by atoms with Crippen LogP contribution >= 0.6 is 0 Å².